The van der Waals surface area contributed by atoms with Crippen LogP contribution >= 0.6 is 0 Å². The summed E-state index contributed by atoms with van der Waals surface area (Å²) >= 11 is 0. The van der Waals surface area contributed by atoms with E-state index in [9.17, 15) is 23.2 Å². The molecule has 4 rings (SSSR count). The molecule has 2 amide bonds. The smallest absolute Gasteiger partial charge is 0.410 e. The Morgan fingerprint density at radius 3 is 2.61 bits per heavy atom. The van der Waals surface area contributed by atoms with Crippen molar-refractivity contribution in [2.24, 2.45) is 5.92 Å². The summed E-state index contributed by atoms with van der Waals surface area (Å²) in [6.45, 7) is 10.1. The van der Waals surface area contributed by atoms with Crippen LogP contribution in [0.25, 0.3) is 5.65 Å². The number of fused-ring (bicyclic) bond motifs is 1. The molecule has 41 heavy (non-hydrogen) atoms. The number of piperidine rings is 1. The predicted octanol–water partition coefficient (Wildman–Crippen LogP) is 2.48. The number of ether oxygens (including phenoxy) is 1. The summed E-state index contributed by atoms with van der Waals surface area (Å²) < 4.78 is 31.8. The molecule has 3 aromatic heterocycles. The highest BCUT2D eigenvalue weighted by Gasteiger charge is 2.33. The minimum Gasteiger partial charge on any atom is -0.711 e. The number of pyridine rings is 1. The van der Waals surface area contributed by atoms with Gasteiger partial charge in [0.05, 0.1) is 18.3 Å². The van der Waals surface area contributed by atoms with Gasteiger partial charge in [0, 0.05) is 43.1 Å². The number of amides is 2. The predicted molar refractivity (Wildman–Crippen MR) is 150 cm³/mol. The van der Waals surface area contributed by atoms with Crippen LogP contribution in [-0.2, 0) is 25.9 Å². The number of aromatic nitrogens is 5. The van der Waals surface area contributed by atoms with Gasteiger partial charge in [-0.1, -0.05) is 13.8 Å². The number of likely N-dealkylation sites (tertiary alicyclic amines) is 1. The number of nitrogens with zero attached hydrogens (tertiary/aromatic N) is 6. The second kappa shape index (κ2) is 11.5. The van der Waals surface area contributed by atoms with Crippen LogP contribution in [0.3, 0.4) is 0 Å². The average molecular weight is 589 g/mol. The first-order chi connectivity index (χ1) is 19.1. The molecule has 0 radical (unpaired) electrons. The van der Waals surface area contributed by atoms with E-state index in [-0.39, 0.29) is 41.8 Å². The molecular formula is C26H36N8O6S. The SMILES string of the molecule is CC(C)c1cnn2c(NCc3ccc(NC(=O)C4CCCN(C(=O)OC(C)(C)C)C4)[n+]([O-])c3)nc(S(C)(=O)=O)nc12. The molecule has 0 aliphatic carbocycles. The second-order valence-electron chi connectivity index (χ2n) is 11.4. The van der Waals surface area contributed by atoms with Crippen LogP contribution in [0.5, 0.6) is 0 Å². The van der Waals surface area contributed by atoms with E-state index in [0.717, 1.165) is 11.8 Å². The van der Waals surface area contributed by atoms with Crippen LogP contribution in [0.1, 0.15) is 64.5 Å². The van der Waals surface area contributed by atoms with Gasteiger partial charge in [0.15, 0.2) is 5.65 Å². The number of hydrogen-bond acceptors (Lipinski definition) is 10. The molecule has 1 aliphatic rings. The summed E-state index contributed by atoms with van der Waals surface area (Å²) in [5, 5.41) is 22.4. The summed E-state index contributed by atoms with van der Waals surface area (Å²) in [7, 11) is -3.70. The van der Waals surface area contributed by atoms with Crippen LogP contribution < -0.4 is 15.4 Å². The molecule has 0 aromatic carbocycles. The average Bonchev–Trinajstić information content (AvgIpc) is 3.32. The van der Waals surface area contributed by atoms with Crippen molar-refractivity contribution in [3.63, 3.8) is 0 Å². The van der Waals surface area contributed by atoms with Gasteiger partial charge in [0.25, 0.3) is 11.0 Å². The molecule has 3 aromatic rings. The van der Waals surface area contributed by atoms with E-state index in [1.165, 1.54) is 21.7 Å². The van der Waals surface area contributed by atoms with Crippen molar-refractivity contribution in [2.45, 2.75) is 70.7 Å². The number of carbonyl (C=O) groups is 2. The molecule has 1 aliphatic heterocycles. The molecule has 4 heterocycles. The highest BCUT2D eigenvalue weighted by molar-refractivity contribution is 7.90. The lowest BCUT2D eigenvalue weighted by atomic mass is 9.97. The van der Waals surface area contributed by atoms with Gasteiger partial charge < -0.3 is 20.2 Å². The Morgan fingerprint density at radius 1 is 1.24 bits per heavy atom. The minimum absolute atomic E-state index is 0.0468. The van der Waals surface area contributed by atoms with Crippen LogP contribution in [0.15, 0.2) is 29.7 Å². The van der Waals surface area contributed by atoms with Crippen molar-refractivity contribution >= 4 is 39.3 Å². The summed E-state index contributed by atoms with van der Waals surface area (Å²) in [4.78, 5) is 35.2. The molecule has 1 atom stereocenters. The first-order valence-electron chi connectivity index (χ1n) is 13.3. The molecule has 222 valence electrons. The van der Waals surface area contributed by atoms with Crippen molar-refractivity contribution in [3.8, 4) is 0 Å². The van der Waals surface area contributed by atoms with Crippen molar-refractivity contribution in [3.05, 3.63) is 40.9 Å². The van der Waals surface area contributed by atoms with Crippen molar-refractivity contribution in [2.75, 3.05) is 30.0 Å². The van der Waals surface area contributed by atoms with Gasteiger partial charge in [0.2, 0.25) is 15.8 Å². The van der Waals surface area contributed by atoms with Gasteiger partial charge in [-0.2, -0.15) is 19.6 Å². The Bertz CT molecular complexity index is 1560. The lowest BCUT2D eigenvalue weighted by Crippen LogP contribution is -2.46. The lowest BCUT2D eigenvalue weighted by molar-refractivity contribution is -0.590. The molecule has 1 fully saturated rings. The third-order valence-electron chi connectivity index (χ3n) is 6.45. The van der Waals surface area contributed by atoms with Gasteiger partial charge in [-0.3, -0.25) is 0 Å². The van der Waals surface area contributed by atoms with E-state index in [1.54, 1.807) is 33.0 Å². The number of nitrogens with one attached hydrogen (secondary N) is 2. The van der Waals surface area contributed by atoms with Crippen molar-refractivity contribution in [1.29, 1.82) is 0 Å². The zero-order valence-corrected chi connectivity index (χ0v) is 24.9. The van der Waals surface area contributed by atoms with Gasteiger partial charge in [-0.15, -0.1) is 0 Å². The Kier molecular flexibility index (Phi) is 8.38. The Balaban J connectivity index is 1.45. The van der Waals surface area contributed by atoms with Crippen LogP contribution in [0, 0.1) is 11.1 Å². The fourth-order valence-electron chi connectivity index (χ4n) is 4.38. The van der Waals surface area contributed by atoms with E-state index >= 15 is 0 Å². The maximum atomic E-state index is 12.9. The van der Waals surface area contributed by atoms with E-state index in [2.05, 4.69) is 25.7 Å². The van der Waals surface area contributed by atoms with Gasteiger partial charge in [-0.25, -0.2) is 28.1 Å². The molecule has 14 nitrogen and oxygen atoms in total. The zero-order chi connectivity index (χ0) is 30.1. The molecule has 2 N–H and O–H groups in total. The Hall–Kier alpha value is -4.01. The molecule has 0 bridgehead atoms. The van der Waals surface area contributed by atoms with Crippen LogP contribution in [0.2, 0.25) is 0 Å². The quantitative estimate of drug-likeness (QED) is 0.308. The topological polar surface area (TPSA) is 175 Å². The Labute approximate surface area is 238 Å². The second-order valence-corrected chi connectivity index (χ2v) is 13.4. The van der Waals surface area contributed by atoms with Crippen LogP contribution in [-0.4, -0.2) is 69.8 Å². The number of hydrogen-bond donors (Lipinski definition) is 2. The number of carbonyl (C=O) groups excluding carboxylic acids is 2. The minimum atomic E-state index is -3.70. The summed E-state index contributed by atoms with van der Waals surface area (Å²) in [5.41, 5.74) is 1.06. The molecule has 1 saturated heterocycles. The standard InChI is InChI=1S/C26H36N8O6S/c1-16(2)19-13-28-34-21(19)30-24(41(6,38)39)31-23(34)27-12-17-9-10-20(33(37)14-17)29-22(35)18-8-7-11-32(15-18)25(36)40-26(3,4)5/h9-10,13-14,16,18H,7-8,11-12,15H2,1-6H3,(H,29,35)(H,27,30,31). The molecular weight excluding hydrogens is 552 g/mol. The Morgan fingerprint density at radius 2 is 1.98 bits per heavy atom. The van der Waals surface area contributed by atoms with Gasteiger partial charge >= 0.3 is 12.0 Å². The summed E-state index contributed by atoms with van der Waals surface area (Å²) in [6.07, 6.45) is 4.71. The van der Waals surface area contributed by atoms with E-state index < -0.39 is 27.4 Å². The fourth-order valence-corrected chi connectivity index (χ4v) is 4.88. The number of sulfone groups is 1. The first-order valence-corrected chi connectivity index (χ1v) is 15.2. The monoisotopic (exact) mass is 588 g/mol. The molecule has 1 unspecified atom stereocenters. The first kappa shape index (κ1) is 30.0. The molecule has 0 saturated carbocycles. The zero-order valence-electron chi connectivity index (χ0n) is 24.0. The maximum absolute atomic E-state index is 12.9. The molecule has 0 spiro atoms. The highest BCUT2D eigenvalue weighted by Crippen LogP contribution is 2.23. The van der Waals surface area contributed by atoms with Gasteiger partial charge in [0.1, 0.15) is 5.60 Å². The normalized spacial score (nSPS) is 16.2. The lowest BCUT2D eigenvalue weighted by Gasteiger charge is -2.32. The van der Waals surface area contributed by atoms with E-state index in [0.29, 0.717) is 35.3 Å². The van der Waals surface area contributed by atoms with Crippen molar-refractivity contribution in [1.82, 2.24) is 24.5 Å². The van der Waals surface area contributed by atoms with Crippen molar-refractivity contribution < 1.29 is 27.5 Å². The maximum Gasteiger partial charge on any atom is 0.410 e. The van der Waals surface area contributed by atoms with E-state index in [4.69, 9.17) is 4.74 Å². The third kappa shape index (κ3) is 7.20. The van der Waals surface area contributed by atoms with Gasteiger partial charge in [-0.05, 0) is 45.6 Å². The fraction of sp³-hybridized carbons (Fsp3) is 0.538. The summed E-state index contributed by atoms with van der Waals surface area (Å²) in [5.74, 6) is -0.579. The molecule has 15 heteroatoms. The van der Waals surface area contributed by atoms with E-state index in [1.807, 2.05) is 13.8 Å². The highest BCUT2D eigenvalue weighted by atomic mass is 32.2. The largest absolute Gasteiger partial charge is 0.711 e. The summed E-state index contributed by atoms with van der Waals surface area (Å²) in [6, 6.07) is 3.14. The number of rotatable bonds is 7. The third-order valence-corrected chi connectivity index (χ3v) is 7.30. The van der Waals surface area contributed by atoms with Crippen LogP contribution in [0.4, 0.5) is 16.6 Å². The number of anilines is 2.